The summed E-state index contributed by atoms with van der Waals surface area (Å²) >= 11 is 0. The maximum atomic E-state index is 14.0. The summed E-state index contributed by atoms with van der Waals surface area (Å²) in [4.78, 5) is 33.2. The van der Waals surface area contributed by atoms with E-state index in [1.54, 1.807) is 30.3 Å². The summed E-state index contributed by atoms with van der Waals surface area (Å²) in [7, 11) is 0. The molecule has 2 fully saturated rings. The molecule has 0 bridgehead atoms. The lowest BCUT2D eigenvalue weighted by atomic mass is 9.88. The fraction of sp³-hybridized carbons (Fsp3) is 0.407. The fourth-order valence-electron chi connectivity index (χ4n) is 5.39. The van der Waals surface area contributed by atoms with Crippen molar-refractivity contribution >= 4 is 22.6 Å². The number of rotatable bonds is 6. The number of H-pyrrole nitrogens is 1. The molecule has 0 saturated carbocycles. The molecule has 3 heterocycles. The highest BCUT2D eigenvalue weighted by atomic mass is 19.1. The number of piperidine rings is 1. The van der Waals surface area contributed by atoms with Gasteiger partial charge < -0.3 is 14.8 Å². The van der Waals surface area contributed by atoms with Gasteiger partial charge in [0.15, 0.2) is 5.78 Å². The maximum Gasteiger partial charge on any atom is 0.270 e. The van der Waals surface area contributed by atoms with Gasteiger partial charge in [-0.1, -0.05) is 6.07 Å². The van der Waals surface area contributed by atoms with E-state index in [-0.39, 0.29) is 35.3 Å². The van der Waals surface area contributed by atoms with Crippen LogP contribution in [0, 0.1) is 17.6 Å². The molecule has 2 aromatic carbocycles. The van der Waals surface area contributed by atoms with Crippen LogP contribution in [0.1, 0.15) is 53.0 Å². The van der Waals surface area contributed by atoms with Crippen LogP contribution in [0.2, 0.25) is 0 Å². The normalized spacial score (nSPS) is 19.7. The number of carbonyl (C=O) groups is 2. The third-order valence-corrected chi connectivity index (χ3v) is 7.34. The lowest BCUT2D eigenvalue weighted by molar-refractivity contribution is 0.0700. The summed E-state index contributed by atoms with van der Waals surface area (Å²) in [6.45, 7) is 3.29. The van der Waals surface area contributed by atoms with Gasteiger partial charge in [-0.05, 0) is 87.7 Å². The van der Waals surface area contributed by atoms with Crippen molar-refractivity contribution in [3.8, 4) is 0 Å². The molecule has 5 rings (SSSR count). The SMILES string of the molecule is O=C(c1ccc(F)cc1)C1CCN(CC[C@@H]2CCCN2C(=O)c2cc3c(F)cccc3[nH]2)CC1. The number of likely N-dealkylation sites (tertiary alicyclic amines) is 2. The zero-order valence-corrected chi connectivity index (χ0v) is 19.1. The van der Waals surface area contributed by atoms with Crippen LogP contribution in [-0.2, 0) is 0 Å². The first-order valence-corrected chi connectivity index (χ1v) is 12.1. The van der Waals surface area contributed by atoms with E-state index < -0.39 is 0 Å². The molecule has 2 saturated heterocycles. The zero-order valence-electron chi connectivity index (χ0n) is 19.1. The van der Waals surface area contributed by atoms with Crippen molar-refractivity contribution in [2.75, 3.05) is 26.2 Å². The van der Waals surface area contributed by atoms with E-state index in [4.69, 9.17) is 0 Å². The quantitative estimate of drug-likeness (QED) is 0.519. The Morgan fingerprint density at radius 3 is 2.47 bits per heavy atom. The van der Waals surface area contributed by atoms with Crippen LogP contribution in [0.3, 0.4) is 0 Å². The summed E-state index contributed by atoms with van der Waals surface area (Å²) in [6.07, 6.45) is 4.42. The lowest BCUT2D eigenvalue weighted by Gasteiger charge is -2.33. The Morgan fingerprint density at radius 2 is 1.74 bits per heavy atom. The number of carbonyl (C=O) groups excluding carboxylic acids is 2. The number of aromatic nitrogens is 1. The Hall–Kier alpha value is -3.06. The van der Waals surface area contributed by atoms with Crippen LogP contribution in [-0.4, -0.2) is 58.7 Å². The number of aromatic amines is 1. The second-order valence-electron chi connectivity index (χ2n) is 9.45. The summed E-state index contributed by atoms with van der Waals surface area (Å²) in [6, 6.07) is 12.4. The van der Waals surface area contributed by atoms with Crippen molar-refractivity contribution < 1.29 is 18.4 Å². The van der Waals surface area contributed by atoms with Crippen molar-refractivity contribution in [3.63, 3.8) is 0 Å². The van der Waals surface area contributed by atoms with Gasteiger partial charge in [0.05, 0.1) is 0 Å². The number of ketones is 1. The van der Waals surface area contributed by atoms with Crippen LogP contribution in [0.15, 0.2) is 48.5 Å². The van der Waals surface area contributed by atoms with Crippen LogP contribution in [0.4, 0.5) is 8.78 Å². The first kappa shape index (κ1) is 22.7. The van der Waals surface area contributed by atoms with Gasteiger partial charge in [0, 0.05) is 41.5 Å². The van der Waals surface area contributed by atoms with E-state index in [1.165, 1.54) is 18.2 Å². The largest absolute Gasteiger partial charge is 0.350 e. The van der Waals surface area contributed by atoms with Crippen molar-refractivity contribution in [1.29, 1.82) is 0 Å². The van der Waals surface area contributed by atoms with Crippen molar-refractivity contribution in [3.05, 3.63) is 71.4 Å². The Balaban J connectivity index is 1.14. The molecule has 1 amide bonds. The molecule has 2 aliphatic rings. The number of nitrogens with one attached hydrogen (secondary N) is 1. The summed E-state index contributed by atoms with van der Waals surface area (Å²) in [5.41, 5.74) is 1.65. The number of hydrogen-bond donors (Lipinski definition) is 1. The molecule has 5 nitrogen and oxygen atoms in total. The second-order valence-corrected chi connectivity index (χ2v) is 9.45. The Morgan fingerprint density at radius 1 is 0.971 bits per heavy atom. The van der Waals surface area contributed by atoms with Crippen LogP contribution in [0.25, 0.3) is 10.9 Å². The van der Waals surface area contributed by atoms with Gasteiger partial charge in [-0.3, -0.25) is 9.59 Å². The number of amides is 1. The minimum atomic E-state index is -0.331. The minimum absolute atomic E-state index is 0.0197. The molecule has 1 atom stereocenters. The van der Waals surface area contributed by atoms with E-state index >= 15 is 0 Å². The number of Topliss-reactive ketones (excluding diaryl/α,β-unsaturated/α-hetero) is 1. The number of fused-ring (bicyclic) bond motifs is 1. The monoisotopic (exact) mass is 465 g/mol. The molecule has 3 aromatic rings. The highest BCUT2D eigenvalue weighted by Gasteiger charge is 2.32. The lowest BCUT2D eigenvalue weighted by Crippen LogP contribution is -2.41. The molecule has 1 N–H and O–H groups in total. The summed E-state index contributed by atoms with van der Waals surface area (Å²) < 4.78 is 27.2. The zero-order chi connectivity index (χ0) is 23.7. The Labute approximate surface area is 197 Å². The van der Waals surface area contributed by atoms with Gasteiger partial charge >= 0.3 is 0 Å². The molecule has 2 aliphatic heterocycles. The highest BCUT2D eigenvalue weighted by Crippen LogP contribution is 2.27. The third-order valence-electron chi connectivity index (χ3n) is 7.34. The molecule has 0 aliphatic carbocycles. The van der Waals surface area contributed by atoms with E-state index in [1.807, 2.05) is 4.90 Å². The van der Waals surface area contributed by atoms with Gasteiger partial charge in [-0.15, -0.1) is 0 Å². The molecule has 178 valence electrons. The third kappa shape index (κ3) is 4.62. The molecule has 0 unspecified atom stereocenters. The average Bonchev–Trinajstić information content (AvgIpc) is 3.51. The molecule has 0 spiro atoms. The average molecular weight is 466 g/mol. The highest BCUT2D eigenvalue weighted by molar-refractivity contribution is 5.98. The predicted molar refractivity (Wildman–Crippen MR) is 127 cm³/mol. The first-order chi connectivity index (χ1) is 16.5. The molecular formula is C27H29F2N3O2. The van der Waals surface area contributed by atoms with E-state index in [2.05, 4.69) is 9.88 Å². The minimum Gasteiger partial charge on any atom is -0.350 e. The fourth-order valence-corrected chi connectivity index (χ4v) is 5.39. The van der Waals surface area contributed by atoms with E-state index in [9.17, 15) is 18.4 Å². The van der Waals surface area contributed by atoms with Crippen LogP contribution < -0.4 is 0 Å². The van der Waals surface area contributed by atoms with Crippen molar-refractivity contribution in [2.45, 2.75) is 38.1 Å². The Kier molecular flexibility index (Phi) is 6.46. The van der Waals surface area contributed by atoms with Crippen molar-refractivity contribution in [1.82, 2.24) is 14.8 Å². The standard InChI is InChI=1S/C27H29F2N3O2/c28-20-8-6-18(7-9-20)26(33)19-10-14-31(15-11-19)16-12-21-3-2-13-32(21)27(34)25-17-22-23(29)4-1-5-24(22)30-25/h1,4-9,17,19,21,30H,2-3,10-16H2/t21-/m0/s1. The van der Waals surface area contributed by atoms with Gasteiger partial charge in [0.1, 0.15) is 17.3 Å². The number of hydrogen-bond acceptors (Lipinski definition) is 3. The smallest absolute Gasteiger partial charge is 0.270 e. The summed E-state index contributed by atoms with van der Waals surface area (Å²) in [5, 5.41) is 0.444. The molecular weight excluding hydrogens is 436 g/mol. The van der Waals surface area contributed by atoms with E-state index in [0.29, 0.717) is 22.2 Å². The van der Waals surface area contributed by atoms with Crippen molar-refractivity contribution in [2.24, 2.45) is 5.92 Å². The van der Waals surface area contributed by atoms with E-state index in [0.717, 1.165) is 58.3 Å². The summed E-state index contributed by atoms with van der Waals surface area (Å²) in [5.74, 6) is -0.646. The van der Waals surface area contributed by atoms with Gasteiger partial charge in [0.25, 0.3) is 5.91 Å². The van der Waals surface area contributed by atoms with Gasteiger partial charge in [-0.2, -0.15) is 0 Å². The molecule has 0 radical (unpaired) electrons. The number of halogens is 2. The van der Waals surface area contributed by atoms with Gasteiger partial charge in [-0.25, -0.2) is 8.78 Å². The molecule has 34 heavy (non-hydrogen) atoms. The molecule has 7 heteroatoms. The number of nitrogens with zero attached hydrogens (tertiary/aromatic N) is 2. The second kappa shape index (κ2) is 9.66. The van der Waals surface area contributed by atoms with Gasteiger partial charge in [0.2, 0.25) is 0 Å². The topological polar surface area (TPSA) is 56.4 Å². The predicted octanol–water partition coefficient (Wildman–Crippen LogP) is 5.04. The molecule has 1 aromatic heterocycles. The van der Waals surface area contributed by atoms with Crippen LogP contribution >= 0.6 is 0 Å². The first-order valence-electron chi connectivity index (χ1n) is 12.1. The number of benzene rings is 2. The van der Waals surface area contributed by atoms with Crippen LogP contribution in [0.5, 0.6) is 0 Å². The Bertz CT molecular complexity index is 1180. The maximum absolute atomic E-state index is 14.0.